The van der Waals surface area contributed by atoms with Gasteiger partial charge in [0, 0.05) is 12.6 Å². The minimum atomic E-state index is -0.884. The molecule has 0 saturated carbocycles. The summed E-state index contributed by atoms with van der Waals surface area (Å²) in [5, 5.41) is 8.43. The van der Waals surface area contributed by atoms with Crippen molar-refractivity contribution in [1.29, 1.82) is 0 Å². The molecule has 0 bridgehead atoms. The zero-order valence-electron chi connectivity index (χ0n) is 9.74. The molecule has 4 nitrogen and oxygen atoms in total. The summed E-state index contributed by atoms with van der Waals surface area (Å²) in [6.45, 7) is 6.01. The second kappa shape index (κ2) is 6.00. The van der Waals surface area contributed by atoms with E-state index in [0.717, 1.165) is 18.2 Å². The van der Waals surface area contributed by atoms with E-state index in [1.165, 1.54) is 0 Å². The van der Waals surface area contributed by atoms with Crippen molar-refractivity contribution in [3.63, 3.8) is 0 Å². The lowest BCUT2D eigenvalue weighted by Crippen LogP contribution is -2.45. The number of thioether (sulfide) groups is 1. The van der Waals surface area contributed by atoms with Crippen LogP contribution in [-0.2, 0) is 9.59 Å². The summed E-state index contributed by atoms with van der Waals surface area (Å²) in [4.78, 5) is 23.6. The molecule has 0 saturated heterocycles. The zero-order chi connectivity index (χ0) is 12.1. The van der Waals surface area contributed by atoms with Gasteiger partial charge in [-0.15, -0.1) is 11.8 Å². The van der Waals surface area contributed by atoms with E-state index in [9.17, 15) is 9.59 Å². The van der Waals surface area contributed by atoms with Crippen LogP contribution in [0.4, 0.5) is 0 Å². The number of amides is 1. The predicted molar refractivity (Wildman–Crippen MR) is 62.1 cm³/mol. The van der Waals surface area contributed by atoms with Crippen LogP contribution in [0.25, 0.3) is 0 Å². The number of carbonyl (C=O) groups excluding carboxylic acids is 1. The van der Waals surface area contributed by atoms with Gasteiger partial charge in [0.15, 0.2) is 0 Å². The van der Waals surface area contributed by atoms with Gasteiger partial charge in [-0.2, -0.15) is 0 Å². The minimum absolute atomic E-state index is 0.0203. The van der Waals surface area contributed by atoms with Crippen molar-refractivity contribution in [2.75, 3.05) is 18.6 Å². The Bertz CT molecular complexity index is 241. The van der Waals surface area contributed by atoms with Crippen molar-refractivity contribution >= 4 is 23.6 Å². The number of carbonyl (C=O) groups is 2. The summed E-state index contributed by atoms with van der Waals surface area (Å²) in [6, 6.07) is 0. The summed E-state index contributed by atoms with van der Waals surface area (Å²) in [5.41, 5.74) is -0.166. The average Bonchev–Trinajstić information content (AvgIpc) is 2.15. The van der Waals surface area contributed by atoms with E-state index in [0.29, 0.717) is 0 Å². The van der Waals surface area contributed by atoms with Crippen molar-refractivity contribution in [1.82, 2.24) is 4.90 Å². The van der Waals surface area contributed by atoms with Gasteiger partial charge in [-0.3, -0.25) is 9.59 Å². The van der Waals surface area contributed by atoms with Crippen LogP contribution in [0.15, 0.2) is 0 Å². The Morgan fingerprint density at radius 3 is 2.27 bits per heavy atom. The first-order chi connectivity index (χ1) is 6.81. The topological polar surface area (TPSA) is 57.6 Å². The summed E-state index contributed by atoms with van der Waals surface area (Å²) in [5.74, 6) is -0.698. The third-order valence-corrected chi connectivity index (χ3v) is 3.50. The van der Waals surface area contributed by atoms with Gasteiger partial charge in [0.25, 0.3) is 0 Å². The monoisotopic (exact) mass is 233 g/mol. The van der Waals surface area contributed by atoms with E-state index in [4.69, 9.17) is 5.11 Å². The van der Waals surface area contributed by atoms with Crippen LogP contribution >= 0.6 is 11.8 Å². The second-order valence-corrected chi connectivity index (χ2v) is 4.99. The smallest absolute Gasteiger partial charge is 0.313 e. The molecule has 0 aliphatic heterocycles. The van der Waals surface area contributed by atoms with Crippen molar-refractivity contribution in [3.8, 4) is 0 Å². The van der Waals surface area contributed by atoms with E-state index in [1.807, 2.05) is 20.8 Å². The Balaban J connectivity index is 4.05. The van der Waals surface area contributed by atoms with Crippen LogP contribution < -0.4 is 0 Å². The Hall–Kier alpha value is -0.710. The maximum Gasteiger partial charge on any atom is 0.313 e. The Morgan fingerprint density at radius 1 is 1.33 bits per heavy atom. The van der Waals surface area contributed by atoms with E-state index >= 15 is 0 Å². The van der Waals surface area contributed by atoms with Gasteiger partial charge in [0.1, 0.15) is 0 Å². The summed E-state index contributed by atoms with van der Waals surface area (Å²) < 4.78 is 0. The molecule has 0 spiro atoms. The Labute approximate surface area is 95.0 Å². The number of aliphatic carboxylic acids is 1. The molecule has 0 heterocycles. The molecular formula is C10H19NO3S. The first kappa shape index (κ1) is 14.3. The zero-order valence-corrected chi connectivity index (χ0v) is 10.6. The van der Waals surface area contributed by atoms with Gasteiger partial charge in [0.2, 0.25) is 5.91 Å². The molecule has 1 N–H and O–H groups in total. The van der Waals surface area contributed by atoms with Gasteiger partial charge in [-0.05, 0) is 20.3 Å². The number of hydrogen-bond donors (Lipinski definition) is 1. The number of carboxylic acids is 1. The molecule has 0 rings (SSSR count). The van der Waals surface area contributed by atoms with Crippen LogP contribution in [-0.4, -0.2) is 46.0 Å². The summed E-state index contributed by atoms with van der Waals surface area (Å²) >= 11 is 1.13. The van der Waals surface area contributed by atoms with Gasteiger partial charge in [-0.1, -0.05) is 6.92 Å². The average molecular weight is 233 g/mol. The van der Waals surface area contributed by atoms with Gasteiger partial charge in [-0.25, -0.2) is 0 Å². The fraction of sp³-hybridized carbons (Fsp3) is 0.800. The van der Waals surface area contributed by atoms with Crippen LogP contribution in [0.2, 0.25) is 0 Å². The highest BCUT2D eigenvalue weighted by atomic mass is 32.2. The largest absolute Gasteiger partial charge is 0.481 e. The van der Waals surface area contributed by atoms with E-state index in [1.54, 1.807) is 11.9 Å². The number of nitrogens with zero attached hydrogens (tertiary/aromatic N) is 1. The number of carboxylic acid groups (broad SMARTS) is 1. The second-order valence-electron chi connectivity index (χ2n) is 4.01. The maximum atomic E-state index is 11.6. The van der Waals surface area contributed by atoms with Crippen LogP contribution in [0.3, 0.4) is 0 Å². The molecule has 0 aromatic carbocycles. The van der Waals surface area contributed by atoms with E-state index in [-0.39, 0.29) is 23.0 Å². The van der Waals surface area contributed by atoms with Crippen LogP contribution in [0.1, 0.15) is 27.2 Å². The Kier molecular flexibility index (Phi) is 5.72. The molecule has 15 heavy (non-hydrogen) atoms. The Morgan fingerprint density at radius 2 is 1.87 bits per heavy atom. The molecular weight excluding hydrogens is 214 g/mol. The molecule has 88 valence electrons. The number of rotatable bonds is 6. The molecule has 5 heteroatoms. The lowest BCUT2D eigenvalue weighted by atomic mass is 10.0. The standard InChI is InChI=1S/C10H19NO3S/c1-5-10(2,3)11(4)8(12)6-15-7-9(13)14/h5-7H2,1-4H3,(H,13,14). The van der Waals surface area contributed by atoms with Gasteiger partial charge in [0.05, 0.1) is 11.5 Å². The SMILES string of the molecule is CCC(C)(C)N(C)C(=O)CSCC(=O)O. The van der Waals surface area contributed by atoms with Crippen molar-refractivity contribution in [2.24, 2.45) is 0 Å². The molecule has 0 aliphatic rings. The normalized spacial score (nSPS) is 11.2. The van der Waals surface area contributed by atoms with E-state index < -0.39 is 5.97 Å². The predicted octanol–water partition coefficient (Wildman–Crippen LogP) is 1.45. The highest BCUT2D eigenvalue weighted by molar-refractivity contribution is 8.00. The van der Waals surface area contributed by atoms with Crippen molar-refractivity contribution in [2.45, 2.75) is 32.7 Å². The van der Waals surface area contributed by atoms with E-state index in [2.05, 4.69) is 0 Å². The van der Waals surface area contributed by atoms with Gasteiger partial charge >= 0.3 is 5.97 Å². The molecule has 0 unspecified atom stereocenters. The lowest BCUT2D eigenvalue weighted by Gasteiger charge is -2.34. The third kappa shape index (κ3) is 5.06. The highest BCUT2D eigenvalue weighted by Crippen LogP contribution is 2.17. The fourth-order valence-electron chi connectivity index (χ4n) is 0.897. The van der Waals surface area contributed by atoms with Gasteiger partial charge < -0.3 is 10.0 Å². The first-order valence-electron chi connectivity index (χ1n) is 4.87. The first-order valence-corrected chi connectivity index (χ1v) is 6.03. The fourth-order valence-corrected chi connectivity index (χ4v) is 1.54. The molecule has 0 radical (unpaired) electrons. The quantitative estimate of drug-likeness (QED) is 0.754. The third-order valence-electron chi connectivity index (χ3n) is 2.60. The molecule has 0 fully saturated rings. The molecule has 0 aliphatic carbocycles. The molecule has 0 atom stereocenters. The van der Waals surface area contributed by atoms with Crippen molar-refractivity contribution in [3.05, 3.63) is 0 Å². The molecule has 0 aromatic rings. The lowest BCUT2D eigenvalue weighted by molar-refractivity contribution is -0.134. The highest BCUT2D eigenvalue weighted by Gasteiger charge is 2.25. The van der Waals surface area contributed by atoms with Crippen molar-refractivity contribution < 1.29 is 14.7 Å². The molecule has 1 amide bonds. The van der Waals surface area contributed by atoms with Crippen LogP contribution in [0, 0.1) is 0 Å². The summed E-state index contributed by atoms with van der Waals surface area (Å²) in [6.07, 6.45) is 0.874. The summed E-state index contributed by atoms with van der Waals surface area (Å²) in [7, 11) is 1.76. The number of hydrogen-bond acceptors (Lipinski definition) is 3. The van der Waals surface area contributed by atoms with Crippen LogP contribution in [0.5, 0.6) is 0 Å². The molecule has 0 aromatic heterocycles. The minimum Gasteiger partial charge on any atom is -0.481 e. The maximum absolute atomic E-state index is 11.6.